The molecular weight excluding hydrogens is 224 g/mol. The first-order valence-corrected chi connectivity index (χ1v) is 7.13. The molecular formula is C15H24N2O. The van der Waals surface area contributed by atoms with Crippen molar-refractivity contribution in [2.75, 3.05) is 18.0 Å². The molecule has 1 aliphatic carbocycles. The zero-order chi connectivity index (χ0) is 13.0. The molecule has 1 heterocycles. The van der Waals surface area contributed by atoms with Crippen LogP contribution in [0.2, 0.25) is 0 Å². The molecule has 0 bridgehead atoms. The van der Waals surface area contributed by atoms with Crippen LogP contribution < -0.4 is 4.90 Å². The highest BCUT2D eigenvalue weighted by Gasteiger charge is 2.24. The third-order valence-electron chi connectivity index (χ3n) is 3.53. The largest absolute Gasteiger partial charge is 0.387 e. The highest BCUT2D eigenvalue weighted by Crippen LogP contribution is 2.31. The van der Waals surface area contributed by atoms with Crippen molar-refractivity contribution < 1.29 is 5.11 Å². The lowest BCUT2D eigenvalue weighted by Crippen LogP contribution is -2.26. The maximum Gasteiger partial charge on any atom is 0.0957 e. The van der Waals surface area contributed by atoms with Gasteiger partial charge in [-0.05, 0) is 43.7 Å². The van der Waals surface area contributed by atoms with Crippen LogP contribution in [0.5, 0.6) is 0 Å². The molecule has 0 saturated heterocycles. The van der Waals surface area contributed by atoms with Crippen molar-refractivity contribution in [3.05, 3.63) is 24.0 Å². The van der Waals surface area contributed by atoms with Crippen LogP contribution in [0.3, 0.4) is 0 Å². The minimum absolute atomic E-state index is 0.429. The summed E-state index contributed by atoms with van der Waals surface area (Å²) in [6, 6.07) is 4.05. The number of rotatable bonds is 7. The Kier molecular flexibility index (Phi) is 4.59. The van der Waals surface area contributed by atoms with Gasteiger partial charge in [-0.2, -0.15) is 0 Å². The molecule has 1 N–H and O–H groups in total. The Bertz CT molecular complexity index is 359. The van der Waals surface area contributed by atoms with E-state index in [0.29, 0.717) is 6.42 Å². The lowest BCUT2D eigenvalue weighted by Gasteiger charge is -2.24. The first-order chi connectivity index (χ1) is 8.74. The Morgan fingerprint density at radius 2 is 2.17 bits per heavy atom. The van der Waals surface area contributed by atoms with Crippen molar-refractivity contribution in [2.24, 2.45) is 5.92 Å². The summed E-state index contributed by atoms with van der Waals surface area (Å²) in [5.74, 6) is 0.887. The molecule has 3 heteroatoms. The van der Waals surface area contributed by atoms with Gasteiger partial charge in [0.15, 0.2) is 0 Å². The van der Waals surface area contributed by atoms with Crippen LogP contribution in [-0.2, 0) is 0 Å². The summed E-state index contributed by atoms with van der Waals surface area (Å²) >= 11 is 0. The van der Waals surface area contributed by atoms with Crippen molar-refractivity contribution in [2.45, 2.75) is 45.6 Å². The van der Waals surface area contributed by atoms with Gasteiger partial charge in [-0.1, -0.05) is 13.8 Å². The molecule has 1 aromatic heterocycles. The second-order valence-electron chi connectivity index (χ2n) is 5.25. The van der Waals surface area contributed by atoms with E-state index in [2.05, 4.69) is 22.9 Å². The summed E-state index contributed by atoms with van der Waals surface area (Å²) in [4.78, 5) is 6.81. The molecule has 18 heavy (non-hydrogen) atoms. The van der Waals surface area contributed by atoms with E-state index in [4.69, 9.17) is 0 Å². The summed E-state index contributed by atoms with van der Waals surface area (Å²) in [7, 11) is 0. The van der Waals surface area contributed by atoms with E-state index in [1.165, 1.54) is 18.5 Å². The van der Waals surface area contributed by atoms with E-state index in [9.17, 15) is 5.11 Å². The third kappa shape index (κ3) is 3.45. The Hall–Kier alpha value is -1.09. The first-order valence-electron chi connectivity index (χ1n) is 7.13. The standard InChI is InChI=1S/C15H24N2O/c1-3-9-17(11-12-5-6-12)13-7-8-14(16-10-13)15(18)4-2/h7-8,10,12,15,18H,3-6,9,11H2,1-2H3/t15-/m0/s1. The molecule has 1 aromatic rings. The molecule has 0 radical (unpaired) electrons. The number of hydrogen-bond donors (Lipinski definition) is 1. The molecule has 3 nitrogen and oxygen atoms in total. The van der Waals surface area contributed by atoms with E-state index in [1.54, 1.807) is 0 Å². The summed E-state index contributed by atoms with van der Waals surface area (Å²) in [6.45, 7) is 6.43. The monoisotopic (exact) mass is 248 g/mol. The fraction of sp³-hybridized carbons (Fsp3) is 0.667. The van der Waals surface area contributed by atoms with E-state index in [0.717, 1.165) is 31.1 Å². The zero-order valence-electron chi connectivity index (χ0n) is 11.5. The van der Waals surface area contributed by atoms with Crippen LogP contribution in [0.15, 0.2) is 18.3 Å². The number of hydrogen-bond acceptors (Lipinski definition) is 3. The van der Waals surface area contributed by atoms with Crippen LogP contribution in [0.4, 0.5) is 5.69 Å². The lowest BCUT2D eigenvalue weighted by molar-refractivity contribution is 0.169. The molecule has 0 unspecified atom stereocenters. The van der Waals surface area contributed by atoms with Gasteiger partial charge in [0.1, 0.15) is 0 Å². The Balaban J connectivity index is 2.04. The fourth-order valence-electron chi connectivity index (χ4n) is 2.20. The smallest absolute Gasteiger partial charge is 0.0957 e. The molecule has 1 saturated carbocycles. The Labute approximate surface area is 110 Å². The second kappa shape index (κ2) is 6.19. The van der Waals surface area contributed by atoms with Gasteiger partial charge in [0.25, 0.3) is 0 Å². The minimum atomic E-state index is -0.429. The van der Waals surface area contributed by atoms with Crippen molar-refractivity contribution in [3.63, 3.8) is 0 Å². The highest BCUT2D eigenvalue weighted by atomic mass is 16.3. The molecule has 100 valence electrons. The molecule has 0 aromatic carbocycles. The fourth-order valence-corrected chi connectivity index (χ4v) is 2.20. The van der Waals surface area contributed by atoms with Crippen molar-refractivity contribution in [3.8, 4) is 0 Å². The topological polar surface area (TPSA) is 36.4 Å². The maximum atomic E-state index is 9.74. The number of aromatic nitrogens is 1. The van der Waals surface area contributed by atoms with Crippen LogP contribution in [0, 0.1) is 5.92 Å². The van der Waals surface area contributed by atoms with Gasteiger partial charge >= 0.3 is 0 Å². The van der Waals surface area contributed by atoms with Gasteiger partial charge < -0.3 is 10.0 Å². The van der Waals surface area contributed by atoms with Gasteiger partial charge in [0.2, 0.25) is 0 Å². The molecule has 1 atom stereocenters. The van der Waals surface area contributed by atoms with E-state index < -0.39 is 6.10 Å². The average molecular weight is 248 g/mol. The summed E-state index contributed by atoms with van der Waals surface area (Å²) in [6.07, 6.45) is 6.11. The van der Waals surface area contributed by atoms with Gasteiger partial charge in [0.05, 0.1) is 23.7 Å². The third-order valence-corrected chi connectivity index (χ3v) is 3.53. The zero-order valence-corrected chi connectivity index (χ0v) is 11.5. The molecule has 0 spiro atoms. The first kappa shape index (κ1) is 13.3. The van der Waals surface area contributed by atoms with Gasteiger partial charge in [-0.3, -0.25) is 4.98 Å². The number of aliphatic hydroxyl groups is 1. The van der Waals surface area contributed by atoms with Gasteiger partial charge in [-0.15, -0.1) is 0 Å². The number of pyridine rings is 1. The predicted octanol–water partition coefficient (Wildman–Crippen LogP) is 3.15. The predicted molar refractivity (Wildman–Crippen MR) is 74.7 cm³/mol. The second-order valence-corrected chi connectivity index (χ2v) is 5.25. The summed E-state index contributed by atoms with van der Waals surface area (Å²) in [5, 5.41) is 9.74. The van der Waals surface area contributed by atoms with Crippen molar-refractivity contribution >= 4 is 5.69 Å². The quantitative estimate of drug-likeness (QED) is 0.805. The number of nitrogens with zero attached hydrogens (tertiary/aromatic N) is 2. The Morgan fingerprint density at radius 1 is 1.39 bits per heavy atom. The van der Waals surface area contributed by atoms with Crippen molar-refractivity contribution in [1.82, 2.24) is 4.98 Å². The van der Waals surface area contributed by atoms with E-state index in [1.807, 2.05) is 19.2 Å². The number of anilines is 1. The molecule has 0 amide bonds. The van der Waals surface area contributed by atoms with Gasteiger partial charge in [0, 0.05) is 13.1 Å². The van der Waals surface area contributed by atoms with Crippen LogP contribution >= 0.6 is 0 Å². The van der Waals surface area contributed by atoms with E-state index in [-0.39, 0.29) is 0 Å². The summed E-state index contributed by atoms with van der Waals surface area (Å²) < 4.78 is 0. The number of aliphatic hydroxyl groups excluding tert-OH is 1. The Morgan fingerprint density at radius 3 is 2.67 bits per heavy atom. The van der Waals surface area contributed by atoms with Gasteiger partial charge in [-0.25, -0.2) is 0 Å². The normalized spacial score (nSPS) is 16.6. The maximum absolute atomic E-state index is 9.74. The summed E-state index contributed by atoms with van der Waals surface area (Å²) in [5.41, 5.74) is 1.97. The van der Waals surface area contributed by atoms with E-state index >= 15 is 0 Å². The molecule has 2 rings (SSSR count). The highest BCUT2D eigenvalue weighted by molar-refractivity contribution is 5.45. The van der Waals surface area contributed by atoms with Crippen LogP contribution in [0.25, 0.3) is 0 Å². The average Bonchev–Trinajstić information content (AvgIpc) is 3.21. The van der Waals surface area contributed by atoms with Crippen LogP contribution in [0.1, 0.15) is 51.3 Å². The molecule has 1 aliphatic rings. The SMILES string of the molecule is CCCN(CC1CC1)c1ccc([C@@H](O)CC)nc1. The minimum Gasteiger partial charge on any atom is -0.387 e. The molecule has 1 fully saturated rings. The van der Waals surface area contributed by atoms with Crippen LogP contribution in [-0.4, -0.2) is 23.2 Å². The molecule has 0 aliphatic heterocycles. The van der Waals surface area contributed by atoms with Crippen molar-refractivity contribution in [1.29, 1.82) is 0 Å². The lowest BCUT2D eigenvalue weighted by atomic mass is 10.2.